The maximum Gasteiger partial charge on any atom is 0.338 e. The minimum atomic E-state index is -0.560. The predicted octanol–water partition coefficient (Wildman–Crippen LogP) is 3.21. The number of furan rings is 1. The Kier molecular flexibility index (Phi) is 3.69. The summed E-state index contributed by atoms with van der Waals surface area (Å²) < 4.78 is 10.6. The number of carbonyl (C=O) groups excluding carboxylic acids is 2. The molecule has 0 saturated heterocycles. The van der Waals surface area contributed by atoms with Gasteiger partial charge in [-0.2, -0.15) is 0 Å². The van der Waals surface area contributed by atoms with E-state index in [1.165, 1.54) is 19.1 Å². The van der Waals surface area contributed by atoms with E-state index in [1.807, 2.05) is 0 Å². The quantitative estimate of drug-likeness (QED) is 0.427. The van der Waals surface area contributed by atoms with Gasteiger partial charge < -0.3 is 8.94 Å². The Morgan fingerprint density at radius 3 is 2.67 bits per heavy atom. The fourth-order valence-corrected chi connectivity index (χ4v) is 2.79. The van der Waals surface area contributed by atoms with Crippen molar-refractivity contribution < 1.29 is 23.5 Å². The van der Waals surface area contributed by atoms with E-state index in [0.29, 0.717) is 28.2 Å². The minimum absolute atomic E-state index is 0.0168. The number of aryl methyl sites for hydroxylation is 1. The van der Waals surface area contributed by atoms with Gasteiger partial charge in [0.2, 0.25) is 5.76 Å². The van der Waals surface area contributed by atoms with Gasteiger partial charge in [-0.25, -0.2) is 0 Å². The molecule has 9 nitrogen and oxygen atoms in total. The van der Waals surface area contributed by atoms with Gasteiger partial charge in [0.05, 0.1) is 16.1 Å². The molecule has 0 spiro atoms. The van der Waals surface area contributed by atoms with E-state index in [1.54, 1.807) is 30.3 Å². The number of fused-ring (bicyclic) bond motifs is 1. The first-order valence-electron chi connectivity index (χ1n) is 7.82. The summed E-state index contributed by atoms with van der Waals surface area (Å²) >= 11 is 0. The number of hydrogen-bond donors (Lipinski definition) is 1. The van der Waals surface area contributed by atoms with E-state index in [0.717, 1.165) is 0 Å². The summed E-state index contributed by atoms with van der Waals surface area (Å²) in [7, 11) is 0. The molecule has 0 saturated carbocycles. The van der Waals surface area contributed by atoms with Crippen molar-refractivity contribution in [3.8, 4) is 11.3 Å². The van der Waals surface area contributed by atoms with Crippen LogP contribution in [0.1, 0.15) is 37.9 Å². The summed E-state index contributed by atoms with van der Waals surface area (Å²) in [5.41, 5.74) is 1.22. The molecule has 0 fully saturated rings. The van der Waals surface area contributed by atoms with Crippen LogP contribution in [0.15, 0.2) is 39.3 Å². The van der Waals surface area contributed by atoms with Gasteiger partial charge in [0, 0.05) is 5.56 Å². The average Bonchev–Trinajstić information content (AvgIpc) is 3.31. The van der Waals surface area contributed by atoms with E-state index in [4.69, 9.17) is 8.94 Å². The molecule has 0 aliphatic carbocycles. The zero-order valence-electron chi connectivity index (χ0n) is 13.9. The number of nitro groups is 1. The lowest BCUT2D eigenvalue weighted by atomic mass is 10.0. The summed E-state index contributed by atoms with van der Waals surface area (Å²) in [6.45, 7) is 1.48. The normalized spacial score (nSPS) is 13.2. The Morgan fingerprint density at radius 1 is 1.11 bits per heavy atom. The standard InChI is InChI=1S/C18H11N3O6/c1-9-16(21(24)25)15(27-20-9)7-4-11-3-6-14(26-11)10-2-5-12-13(8-10)18(23)19-17(12)22/h2-8H,1H3,(H,19,22,23). The highest BCUT2D eigenvalue weighted by atomic mass is 16.6. The highest BCUT2D eigenvalue weighted by Gasteiger charge is 2.27. The second kappa shape index (κ2) is 6.06. The monoisotopic (exact) mass is 365 g/mol. The first kappa shape index (κ1) is 16.5. The van der Waals surface area contributed by atoms with Crippen molar-refractivity contribution in [2.75, 3.05) is 0 Å². The van der Waals surface area contributed by atoms with Crippen molar-refractivity contribution in [3.63, 3.8) is 0 Å². The molecule has 4 rings (SSSR count). The van der Waals surface area contributed by atoms with Crippen molar-refractivity contribution in [1.29, 1.82) is 0 Å². The molecule has 27 heavy (non-hydrogen) atoms. The second-order valence-electron chi connectivity index (χ2n) is 5.82. The first-order valence-corrected chi connectivity index (χ1v) is 7.82. The second-order valence-corrected chi connectivity index (χ2v) is 5.82. The topological polar surface area (TPSA) is 128 Å². The van der Waals surface area contributed by atoms with E-state index < -0.39 is 16.7 Å². The zero-order chi connectivity index (χ0) is 19.1. The Bertz CT molecular complexity index is 1140. The van der Waals surface area contributed by atoms with Crippen LogP contribution in [0, 0.1) is 17.0 Å². The van der Waals surface area contributed by atoms with Crippen molar-refractivity contribution in [3.05, 3.63) is 68.8 Å². The average molecular weight is 365 g/mol. The third kappa shape index (κ3) is 2.80. The molecule has 0 atom stereocenters. The van der Waals surface area contributed by atoms with Crippen LogP contribution < -0.4 is 5.32 Å². The van der Waals surface area contributed by atoms with Crippen molar-refractivity contribution in [1.82, 2.24) is 10.5 Å². The van der Waals surface area contributed by atoms with Gasteiger partial charge in [0.25, 0.3) is 11.8 Å². The summed E-state index contributed by atoms with van der Waals surface area (Å²) in [5.74, 6) is 0.0514. The lowest BCUT2D eigenvalue weighted by Crippen LogP contribution is -2.19. The van der Waals surface area contributed by atoms with Crippen LogP contribution in [-0.4, -0.2) is 21.9 Å². The number of rotatable bonds is 4. The smallest absolute Gasteiger partial charge is 0.338 e. The van der Waals surface area contributed by atoms with Crippen LogP contribution in [0.2, 0.25) is 0 Å². The molecule has 2 aromatic heterocycles. The molecule has 1 N–H and O–H groups in total. The number of aromatic nitrogens is 1. The molecular formula is C18H11N3O6. The first-order chi connectivity index (χ1) is 12.9. The SMILES string of the molecule is Cc1noc(C=Cc2ccc(-c3ccc4c(c3)C(=O)NC4=O)o2)c1[N+](=O)[O-]. The number of amides is 2. The van der Waals surface area contributed by atoms with Crippen LogP contribution in [0.25, 0.3) is 23.5 Å². The number of carbonyl (C=O) groups is 2. The molecule has 3 aromatic rings. The van der Waals surface area contributed by atoms with Crippen LogP contribution in [0.5, 0.6) is 0 Å². The Balaban J connectivity index is 1.62. The highest BCUT2D eigenvalue weighted by molar-refractivity contribution is 6.21. The van der Waals surface area contributed by atoms with Crippen LogP contribution in [-0.2, 0) is 0 Å². The van der Waals surface area contributed by atoms with Gasteiger partial charge in [-0.15, -0.1) is 0 Å². The fraction of sp³-hybridized carbons (Fsp3) is 0.0556. The van der Waals surface area contributed by atoms with Gasteiger partial charge in [0.1, 0.15) is 11.5 Å². The van der Waals surface area contributed by atoms with Crippen LogP contribution in [0.3, 0.4) is 0 Å². The van der Waals surface area contributed by atoms with Crippen molar-refractivity contribution in [2.45, 2.75) is 6.92 Å². The molecule has 0 unspecified atom stereocenters. The number of nitrogens with one attached hydrogen (secondary N) is 1. The maximum absolute atomic E-state index is 11.8. The van der Waals surface area contributed by atoms with Gasteiger partial charge in [-0.1, -0.05) is 11.2 Å². The lowest BCUT2D eigenvalue weighted by molar-refractivity contribution is -0.386. The summed E-state index contributed by atoms with van der Waals surface area (Å²) in [6, 6.07) is 8.17. The van der Waals surface area contributed by atoms with E-state index in [-0.39, 0.29) is 17.1 Å². The summed E-state index contributed by atoms with van der Waals surface area (Å²) in [6.07, 6.45) is 2.91. The van der Waals surface area contributed by atoms with E-state index in [2.05, 4.69) is 10.5 Å². The number of nitrogens with zero attached hydrogens (tertiary/aromatic N) is 2. The molecule has 1 aromatic carbocycles. The Labute approximate surface area is 151 Å². The molecule has 134 valence electrons. The molecule has 3 heterocycles. The molecule has 1 aliphatic rings. The van der Waals surface area contributed by atoms with Gasteiger partial charge in [-0.05, 0) is 43.3 Å². The third-order valence-electron chi connectivity index (χ3n) is 4.09. The Morgan fingerprint density at radius 2 is 1.89 bits per heavy atom. The Hall–Kier alpha value is -4.01. The maximum atomic E-state index is 11.8. The molecule has 0 radical (unpaired) electrons. The van der Waals surface area contributed by atoms with Gasteiger partial charge in [0.15, 0.2) is 5.69 Å². The fourth-order valence-electron chi connectivity index (χ4n) is 2.79. The lowest BCUT2D eigenvalue weighted by Gasteiger charge is -1.99. The molecule has 9 heteroatoms. The van der Waals surface area contributed by atoms with E-state index >= 15 is 0 Å². The van der Waals surface area contributed by atoms with Crippen molar-refractivity contribution >= 4 is 29.7 Å². The minimum Gasteiger partial charge on any atom is -0.457 e. The zero-order valence-corrected chi connectivity index (χ0v) is 13.9. The predicted molar refractivity (Wildman–Crippen MR) is 92.8 cm³/mol. The van der Waals surface area contributed by atoms with Gasteiger partial charge >= 0.3 is 5.69 Å². The molecule has 2 amide bonds. The van der Waals surface area contributed by atoms with Crippen LogP contribution in [0.4, 0.5) is 5.69 Å². The van der Waals surface area contributed by atoms with E-state index in [9.17, 15) is 19.7 Å². The number of imide groups is 1. The van der Waals surface area contributed by atoms with Crippen molar-refractivity contribution in [2.24, 2.45) is 0 Å². The highest BCUT2D eigenvalue weighted by Crippen LogP contribution is 2.28. The largest absolute Gasteiger partial charge is 0.457 e. The molecule has 0 bridgehead atoms. The third-order valence-corrected chi connectivity index (χ3v) is 4.09. The van der Waals surface area contributed by atoms with Gasteiger partial charge in [-0.3, -0.25) is 25.0 Å². The molecule has 1 aliphatic heterocycles. The summed E-state index contributed by atoms with van der Waals surface area (Å²) in [4.78, 5) is 33.8. The van der Waals surface area contributed by atoms with Crippen LogP contribution >= 0.6 is 0 Å². The molecular weight excluding hydrogens is 354 g/mol. The number of benzene rings is 1. The summed E-state index contributed by atoms with van der Waals surface area (Å²) in [5, 5.41) is 16.9. The number of hydrogen-bond acceptors (Lipinski definition) is 7.